The van der Waals surface area contributed by atoms with Gasteiger partial charge in [0.15, 0.2) is 6.61 Å². The van der Waals surface area contributed by atoms with Gasteiger partial charge in [0.05, 0.1) is 12.2 Å². The summed E-state index contributed by atoms with van der Waals surface area (Å²) in [6.45, 7) is 6.20. The Morgan fingerprint density at radius 3 is 2.69 bits per heavy atom. The number of hydrogen-bond acceptors (Lipinski definition) is 4. The van der Waals surface area contributed by atoms with Gasteiger partial charge in [0.2, 0.25) is 0 Å². The maximum atomic E-state index is 12.5. The van der Waals surface area contributed by atoms with Crippen LogP contribution in [0.4, 0.5) is 0 Å². The van der Waals surface area contributed by atoms with Crippen molar-refractivity contribution >= 4 is 23.5 Å². The fourth-order valence-electron chi connectivity index (χ4n) is 3.88. The molecule has 1 aliphatic carbocycles. The highest BCUT2D eigenvalue weighted by Gasteiger charge is 2.29. The van der Waals surface area contributed by atoms with Gasteiger partial charge in [-0.05, 0) is 30.7 Å². The zero-order valence-corrected chi connectivity index (χ0v) is 17.9. The summed E-state index contributed by atoms with van der Waals surface area (Å²) in [6, 6.07) is 9.85. The first-order valence-electron chi connectivity index (χ1n) is 10.1. The Morgan fingerprint density at radius 1 is 1.24 bits per heavy atom. The lowest BCUT2D eigenvalue weighted by Gasteiger charge is -2.34. The average Bonchev–Trinajstić information content (AvgIpc) is 2.97. The predicted molar refractivity (Wildman–Crippen MR) is 112 cm³/mol. The monoisotopic (exact) mass is 417 g/mol. The van der Waals surface area contributed by atoms with Gasteiger partial charge >= 0.3 is 5.97 Å². The maximum absolute atomic E-state index is 12.5. The summed E-state index contributed by atoms with van der Waals surface area (Å²) in [5, 5.41) is 7.57. The average molecular weight is 418 g/mol. The van der Waals surface area contributed by atoms with E-state index >= 15 is 0 Å². The molecule has 0 unspecified atom stereocenters. The number of rotatable bonds is 6. The number of amides is 1. The number of esters is 1. The van der Waals surface area contributed by atoms with Crippen molar-refractivity contribution in [3.8, 4) is 0 Å². The predicted octanol–water partition coefficient (Wildman–Crippen LogP) is 3.99. The lowest BCUT2D eigenvalue weighted by molar-refractivity contribution is -0.125. The number of aromatic nitrogens is 2. The van der Waals surface area contributed by atoms with Crippen LogP contribution in [0.1, 0.15) is 54.7 Å². The maximum Gasteiger partial charge on any atom is 0.343 e. The van der Waals surface area contributed by atoms with Crippen LogP contribution >= 0.6 is 11.6 Å². The minimum atomic E-state index is -0.632. The molecule has 3 rings (SSSR count). The van der Waals surface area contributed by atoms with E-state index in [1.54, 1.807) is 11.6 Å². The molecule has 7 heteroatoms. The molecule has 1 N–H and O–H groups in total. The van der Waals surface area contributed by atoms with Crippen molar-refractivity contribution in [1.82, 2.24) is 15.1 Å². The number of ether oxygens (including phenoxy) is 1. The molecular formula is C22H28ClN3O3. The number of carbonyl (C=O) groups is 2. The third kappa shape index (κ3) is 5.18. The van der Waals surface area contributed by atoms with Gasteiger partial charge in [-0.3, -0.25) is 4.79 Å². The summed E-state index contributed by atoms with van der Waals surface area (Å²) in [5.41, 5.74) is 1.70. The van der Waals surface area contributed by atoms with Crippen molar-refractivity contribution in [1.29, 1.82) is 0 Å². The van der Waals surface area contributed by atoms with E-state index in [4.69, 9.17) is 16.3 Å². The largest absolute Gasteiger partial charge is 0.452 e. The number of aryl methyl sites for hydroxylation is 1. The Morgan fingerprint density at radius 2 is 1.97 bits per heavy atom. The molecule has 1 fully saturated rings. The first-order chi connectivity index (χ1) is 13.9. The quantitative estimate of drug-likeness (QED) is 0.721. The Kier molecular flexibility index (Phi) is 6.96. The minimum absolute atomic E-state index is 0.129. The molecule has 0 bridgehead atoms. The van der Waals surface area contributed by atoms with Crippen LogP contribution in [0.3, 0.4) is 0 Å². The zero-order chi connectivity index (χ0) is 21.0. The lowest BCUT2D eigenvalue weighted by Crippen LogP contribution is -2.45. The molecule has 0 spiro atoms. The molecule has 1 aliphatic rings. The van der Waals surface area contributed by atoms with Crippen LogP contribution in [0.25, 0.3) is 0 Å². The van der Waals surface area contributed by atoms with Gasteiger partial charge in [-0.25, -0.2) is 9.48 Å². The highest BCUT2D eigenvalue weighted by molar-refractivity contribution is 6.32. The van der Waals surface area contributed by atoms with Crippen molar-refractivity contribution < 1.29 is 14.3 Å². The van der Waals surface area contributed by atoms with Crippen molar-refractivity contribution in [2.45, 2.75) is 52.6 Å². The summed E-state index contributed by atoms with van der Waals surface area (Å²) in [5.74, 6) is 0.0756. The van der Waals surface area contributed by atoms with E-state index in [0.29, 0.717) is 24.1 Å². The van der Waals surface area contributed by atoms with Crippen LogP contribution in [0, 0.1) is 18.8 Å². The molecule has 0 radical (unpaired) electrons. The van der Waals surface area contributed by atoms with E-state index < -0.39 is 5.97 Å². The highest BCUT2D eigenvalue weighted by atomic mass is 35.5. The van der Waals surface area contributed by atoms with Gasteiger partial charge in [0.1, 0.15) is 10.7 Å². The zero-order valence-electron chi connectivity index (χ0n) is 17.2. The molecule has 1 aromatic heterocycles. The topological polar surface area (TPSA) is 73.2 Å². The molecule has 2 aromatic rings. The van der Waals surface area contributed by atoms with Gasteiger partial charge in [-0.2, -0.15) is 5.10 Å². The van der Waals surface area contributed by atoms with Crippen molar-refractivity contribution in [2.75, 3.05) is 6.61 Å². The van der Waals surface area contributed by atoms with E-state index in [-0.39, 0.29) is 29.3 Å². The molecule has 1 heterocycles. The lowest BCUT2D eigenvalue weighted by atomic mass is 9.78. The molecule has 6 nitrogen and oxygen atoms in total. The molecule has 156 valence electrons. The van der Waals surface area contributed by atoms with E-state index in [9.17, 15) is 9.59 Å². The molecule has 1 amide bonds. The van der Waals surface area contributed by atoms with Gasteiger partial charge in [-0.15, -0.1) is 0 Å². The number of hydrogen-bond donors (Lipinski definition) is 1. The standard InChI is InChI=1S/C22H28ClN3O3/c1-14-8-7-11-18(15(14)2)24-19(27)13-29-22(28)20-16(3)25-26(21(20)23)12-17-9-5-4-6-10-17/h4-6,9-10,14-15,18H,7-8,11-13H2,1-3H3,(H,24,27)/t14-,15-,18+/m0/s1. The van der Waals surface area contributed by atoms with Crippen molar-refractivity contribution in [3.05, 3.63) is 52.3 Å². The number of benzene rings is 1. The van der Waals surface area contributed by atoms with Crippen LogP contribution in [-0.4, -0.2) is 34.3 Å². The van der Waals surface area contributed by atoms with Gasteiger partial charge in [0, 0.05) is 6.04 Å². The Labute approximate surface area is 176 Å². The fraction of sp³-hybridized carbons (Fsp3) is 0.500. The Balaban J connectivity index is 1.58. The smallest absolute Gasteiger partial charge is 0.343 e. The number of halogens is 1. The third-order valence-electron chi connectivity index (χ3n) is 5.83. The molecular weight excluding hydrogens is 390 g/mol. The molecule has 3 atom stereocenters. The van der Waals surface area contributed by atoms with E-state index in [1.807, 2.05) is 30.3 Å². The highest BCUT2D eigenvalue weighted by Crippen LogP contribution is 2.29. The van der Waals surface area contributed by atoms with Crippen LogP contribution in [0.15, 0.2) is 30.3 Å². The fourth-order valence-corrected chi connectivity index (χ4v) is 4.20. The molecule has 1 saturated carbocycles. The van der Waals surface area contributed by atoms with Crippen molar-refractivity contribution in [2.24, 2.45) is 11.8 Å². The van der Waals surface area contributed by atoms with E-state index in [2.05, 4.69) is 24.3 Å². The summed E-state index contributed by atoms with van der Waals surface area (Å²) < 4.78 is 6.79. The van der Waals surface area contributed by atoms with Crippen molar-refractivity contribution in [3.63, 3.8) is 0 Å². The molecule has 0 aliphatic heterocycles. The summed E-state index contributed by atoms with van der Waals surface area (Å²) in [7, 11) is 0. The van der Waals surface area contributed by atoms with Gasteiger partial charge in [0.25, 0.3) is 5.91 Å². The van der Waals surface area contributed by atoms with Crippen LogP contribution < -0.4 is 5.32 Å². The third-order valence-corrected chi connectivity index (χ3v) is 6.22. The van der Waals surface area contributed by atoms with E-state index in [1.165, 1.54) is 6.42 Å². The second kappa shape index (κ2) is 9.44. The molecule has 29 heavy (non-hydrogen) atoms. The van der Waals surface area contributed by atoms with E-state index in [0.717, 1.165) is 18.4 Å². The van der Waals surface area contributed by atoms with Crippen LogP contribution in [0.5, 0.6) is 0 Å². The second-order valence-electron chi connectivity index (χ2n) is 7.91. The summed E-state index contributed by atoms with van der Waals surface area (Å²) >= 11 is 6.38. The molecule has 0 saturated heterocycles. The normalized spacial score (nSPS) is 21.6. The minimum Gasteiger partial charge on any atom is -0.452 e. The first kappa shape index (κ1) is 21.4. The number of nitrogens with one attached hydrogen (secondary N) is 1. The Hall–Kier alpha value is -2.34. The SMILES string of the molecule is Cc1nn(Cc2ccccc2)c(Cl)c1C(=O)OCC(=O)N[C@@H]1CCC[C@H](C)[C@@H]1C. The van der Waals surface area contributed by atoms with Gasteiger partial charge in [-0.1, -0.05) is 68.6 Å². The summed E-state index contributed by atoms with van der Waals surface area (Å²) in [6.07, 6.45) is 3.25. The second-order valence-corrected chi connectivity index (χ2v) is 8.27. The summed E-state index contributed by atoms with van der Waals surface area (Å²) in [4.78, 5) is 24.8. The van der Waals surface area contributed by atoms with Crippen LogP contribution in [0.2, 0.25) is 5.15 Å². The molecule has 1 aromatic carbocycles. The Bertz CT molecular complexity index is 866. The number of carbonyl (C=O) groups excluding carboxylic acids is 2. The number of nitrogens with zero attached hydrogens (tertiary/aromatic N) is 2. The van der Waals surface area contributed by atoms with Gasteiger partial charge < -0.3 is 10.1 Å². The van der Waals surface area contributed by atoms with Crippen LogP contribution in [-0.2, 0) is 16.1 Å². The first-order valence-corrected chi connectivity index (χ1v) is 10.5.